The Labute approximate surface area is 288 Å². The molecule has 0 spiro atoms. The number of hydrogen-bond acceptors (Lipinski definition) is 8. The van der Waals surface area contributed by atoms with Crippen molar-refractivity contribution in [3.8, 4) is 0 Å². The minimum atomic E-state index is -2.46. The highest BCUT2D eigenvalue weighted by atomic mass is 28.4. The lowest BCUT2D eigenvalue weighted by molar-refractivity contribution is 0.0700. The molecule has 0 saturated carbocycles. The summed E-state index contributed by atoms with van der Waals surface area (Å²) in [4.78, 5) is 0. The fraction of sp³-hybridized carbons (Fsp3) is 1.00. The van der Waals surface area contributed by atoms with Crippen LogP contribution in [0.25, 0.3) is 0 Å². The Morgan fingerprint density at radius 1 is 0.356 bits per heavy atom. The SMILES string of the molecule is CCO[Si](CCCCCCCCC[Si](OCC)(OCC)OCC)(OCC)OCC.C[SiH](C)O[Si](C)(C)CC[Si](C)(C)O[SiH](C)C. The van der Waals surface area contributed by atoms with Crippen LogP contribution in [0.4, 0.5) is 0 Å². The zero-order valence-corrected chi connectivity index (χ0v) is 38.8. The predicted molar refractivity (Wildman–Crippen MR) is 208 cm³/mol. The highest BCUT2D eigenvalue weighted by Gasteiger charge is 2.40. The molecule has 0 aliphatic rings. The van der Waals surface area contributed by atoms with E-state index in [0.29, 0.717) is 39.6 Å². The van der Waals surface area contributed by atoms with Crippen molar-refractivity contribution in [3.63, 3.8) is 0 Å². The molecule has 0 aliphatic carbocycles. The van der Waals surface area contributed by atoms with E-state index in [9.17, 15) is 0 Å². The van der Waals surface area contributed by atoms with Gasteiger partial charge in [0.2, 0.25) is 0 Å². The second-order valence-electron chi connectivity index (χ2n) is 13.3. The van der Waals surface area contributed by atoms with Gasteiger partial charge in [-0.1, -0.05) is 32.1 Å². The summed E-state index contributed by atoms with van der Waals surface area (Å²) in [7, 11) is -9.44. The van der Waals surface area contributed by atoms with Crippen LogP contribution in [0.5, 0.6) is 0 Å². The molecule has 14 heteroatoms. The summed E-state index contributed by atoms with van der Waals surface area (Å²) >= 11 is 0. The van der Waals surface area contributed by atoms with Gasteiger partial charge in [-0.05, 0) is 119 Å². The molecule has 0 aromatic rings. The Balaban J connectivity index is 0. The first-order valence-electron chi connectivity index (χ1n) is 18.3. The van der Waals surface area contributed by atoms with Crippen molar-refractivity contribution < 1.29 is 34.8 Å². The van der Waals surface area contributed by atoms with E-state index in [-0.39, 0.29) is 0 Å². The molecule has 0 aromatic heterocycles. The summed E-state index contributed by atoms with van der Waals surface area (Å²) < 4.78 is 47.9. The molecule has 0 amide bonds. The topological polar surface area (TPSA) is 73.8 Å². The number of rotatable bonds is 29. The quantitative estimate of drug-likeness (QED) is 0.0555. The molecule has 0 atom stereocenters. The van der Waals surface area contributed by atoms with Gasteiger partial charge < -0.3 is 34.8 Å². The highest BCUT2D eigenvalue weighted by molar-refractivity contribution is 6.82. The van der Waals surface area contributed by atoms with E-state index in [1.54, 1.807) is 0 Å². The molecule has 0 bridgehead atoms. The van der Waals surface area contributed by atoms with Crippen LogP contribution in [0.1, 0.15) is 86.5 Å². The minimum absolute atomic E-state index is 0.655. The molecule has 45 heavy (non-hydrogen) atoms. The van der Waals surface area contributed by atoms with E-state index >= 15 is 0 Å². The molecular weight excluding hydrogens is 669 g/mol. The Kier molecular flexibility index (Phi) is 29.7. The second kappa shape index (κ2) is 27.8. The van der Waals surface area contributed by atoms with Crippen molar-refractivity contribution in [2.75, 3.05) is 39.6 Å². The fourth-order valence-corrected chi connectivity index (χ4v) is 26.9. The lowest BCUT2D eigenvalue weighted by Gasteiger charge is -2.31. The van der Waals surface area contributed by atoms with E-state index in [0.717, 1.165) is 24.9 Å². The van der Waals surface area contributed by atoms with Gasteiger partial charge >= 0.3 is 17.6 Å². The average molecular weight is 747 g/mol. The first-order chi connectivity index (χ1) is 21.1. The molecule has 0 unspecified atom stereocenters. The van der Waals surface area contributed by atoms with E-state index in [1.807, 2.05) is 41.5 Å². The summed E-state index contributed by atoms with van der Waals surface area (Å²) in [6.45, 7) is 34.5. The van der Waals surface area contributed by atoms with Crippen LogP contribution in [0.2, 0.25) is 76.6 Å². The van der Waals surface area contributed by atoms with Crippen molar-refractivity contribution in [3.05, 3.63) is 0 Å². The van der Waals surface area contributed by atoms with Crippen LogP contribution >= 0.6 is 0 Å². The molecule has 0 fully saturated rings. The number of unbranched alkanes of at least 4 members (excludes halogenated alkanes) is 6. The maximum absolute atomic E-state index is 6.19. The van der Waals surface area contributed by atoms with Crippen LogP contribution in [-0.4, -0.2) is 92.0 Å². The van der Waals surface area contributed by atoms with Gasteiger partial charge in [0.25, 0.3) is 0 Å². The first-order valence-corrected chi connectivity index (χ1v) is 34.0. The summed E-state index contributed by atoms with van der Waals surface area (Å²) in [5.74, 6) is 0. The summed E-state index contributed by atoms with van der Waals surface area (Å²) in [6.07, 6.45) is 8.40. The van der Waals surface area contributed by atoms with E-state index in [2.05, 4.69) is 52.4 Å². The molecule has 0 aromatic carbocycles. The lowest BCUT2D eigenvalue weighted by Crippen LogP contribution is -2.45. The molecule has 0 radical (unpaired) electrons. The second-order valence-corrected chi connectivity index (χ2v) is 32.9. The third kappa shape index (κ3) is 26.5. The monoisotopic (exact) mass is 746 g/mol. The van der Waals surface area contributed by atoms with Crippen LogP contribution in [0.3, 0.4) is 0 Å². The Morgan fingerprint density at radius 2 is 0.578 bits per heavy atom. The zero-order chi connectivity index (χ0) is 34.8. The summed E-state index contributed by atoms with van der Waals surface area (Å²) in [5, 5.41) is 0. The normalized spacial score (nSPS) is 13.1. The van der Waals surface area contributed by atoms with Crippen molar-refractivity contribution in [2.45, 2.75) is 163 Å². The fourth-order valence-electron chi connectivity index (χ4n) is 5.57. The average Bonchev–Trinajstić information content (AvgIpc) is 2.91. The summed E-state index contributed by atoms with van der Waals surface area (Å²) in [5.41, 5.74) is 0. The van der Waals surface area contributed by atoms with Crippen LogP contribution < -0.4 is 0 Å². The molecule has 0 N–H and O–H groups in total. The molecular formula is C31H78O8Si6. The predicted octanol–water partition coefficient (Wildman–Crippen LogP) is 9.21. The first kappa shape index (κ1) is 48.1. The Bertz CT molecular complexity index is 586. The maximum atomic E-state index is 6.19. The third-order valence-electron chi connectivity index (χ3n) is 7.09. The van der Waals surface area contributed by atoms with Gasteiger partial charge in [0.1, 0.15) is 0 Å². The molecule has 0 rings (SSSR count). The summed E-state index contributed by atoms with van der Waals surface area (Å²) in [6, 6.07) is 4.40. The van der Waals surface area contributed by atoms with Crippen molar-refractivity contribution in [2.24, 2.45) is 0 Å². The van der Waals surface area contributed by atoms with Crippen molar-refractivity contribution in [1.82, 2.24) is 0 Å². The third-order valence-corrected chi connectivity index (χ3v) is 25.7. The maximum Gasteiger partial charge on any atom is 0.500 e. The van der Waals surface area contributed by atoms with Crippen LogP contribution in [0, 0.1) is 0 Å². The van der Waals surface area contributed by atoms with Gasteiger partial charge in [-0.3, -0.25) is 0 Å². The van der Waals surface area contributed by atoms with Gasteiger partial charge in [-0.2, -0.15) is 0 Å². The lowest BCUT2D eigenvalue weighted by atomic mass is 10.1. The van der Waals surface area contributed by atoms with Crippen LogP contribution in [-0.2, 0) is 34.8 Å². The van der Waals surface area contributed by atoms with Crippen molar-refractivity contribution >= 4 is 52.3 Å². The van der Waals surface area contributed by atoms with Gasteiger partial charge in [-0.15, -0.1) is 0 Å². The highest BCUT2D eigenvalue weighted by Crippen LogP contribution is 2.24. The Hall–Kier alpha value is 0.981. The smallest absolute Gasteiger partial charge is 0.458 e. The largest absolute Gasteiger partial charge is 0.500 e. The molecule has 8 nitrogen and oxygen atoms in total. The van der Waals surface area contributed by atoms with Crippen molar-refractivity contribution in [1.29, 1.82) is 0 Å². The van der Waals surface area contributed by atoms with Gasteiger partial charge in [-0.25, -0.2) is 0 Å². The van der Waals surface area contributed by atoms with Crippen LogP contribution in [0.15, 0.2) is 0 Å². The van der Waals surface area contributed by atoms with E-state index in [1.165, 1.54) is 44.2 Å². The van der Waals surface area contributed by atoms with Gasteiger partial charge in [0.05, 0.1) is 0 Å². The minimum Gasteiger partial charge on any atom is -0.458 e. The standard InChI is InChI=1S/C21H48O6Si2.C10H30O2Si4/c1-7-22-28(23-8-2,24-9-3)20-18-16-14-13-15-17-19-21-29(25-10-4,26-11-5)27-12-6;1-13(2)11-15(5,6)9-10-16(7,8)12-14(3)4/h7-21H2,1-6H3;13-14H,9-10H2,1-8H3. The van der Waals surface area contributed by atoms with E-state index < -0.39 is 52.3 Å². The molecule has 0 saturated heterocycles. The van der Waals surface area contributed by atoms with Gasteiger partial charge in [0, 0.05) is 51.7 Å². The Morgan fingerprint density at radius 3 is 0.778 bits per heavy atom. The van der Waals surface area contributed by atoms with Gasteiger partial charge in [0.15, 0.2) is 34.7 Å². The van der Waals surface area contributed by atoms with E-state index in [4.69, 9.17) is 34.8 Å². The zero-order valence-electron chi connectivity index (χ0n) is 32.4. The number of hydrogen-bond donors (Lipinski definition) is 0. The molecule has 0 heterocycles. The molecule has 274 valence electrons. The molecule has 0 aliphatic heterocycles.